The zero-order valence-corrected chi connectivity index (χ0v) is 17.1. The van der Waals surface area contributed by atoms with Gasteiger partial charge < -0.3 is 14.6 Å². The Balaban J connectivity index is 0. The summed E-state index contributed by atoms with van der Waals surface area (Å²) < 4.78 is 67.3. The number of hydrogen-bond donors (Lipinski definition) is 1. The molecule has 32 heavy (non-hydrogen) atoms. The van der Waals surface area contributed by atoms with Gasteiger partial charge in [0.05, 0.1) is 19.6 Å². The third-order valence-electron chi connectivity index (χ3n) is 2.93. The number of rotatable bonds is 8. The van der Waals surface area contributed by atoms with Gasteiger partial charge >= 0.3 is 30.0 Å². The molecular formula is C21H23F5O6. The smallest absolute Gasteiger partial charge is 0.453 e. The van der Waals surface area contributed by atoms with Gasteiger partial charge in [-0.05, 0) is 12.5 Å². The highest BCUT2D eigenvalue weighted by Crippen LogP contribution is 2.37. The highest BCUT2D eigenvalue weighted by Gasteiger charge is 2.56. The third-order valence-corrected chi connectivity index (χ3v) is 2.93. The quantitative estimate of drug-likeness (QED) is 0.336. The molecule has 0 saturated heterocycles. The van der Waals surface area contributed by atoms with Crippen LogP contribution in [0.1, 0.15) is 18.9 Å². The van der Waals surface area contributed by atoms with Crippen LogP contribution in [-0.2, 0) is 23.9 Å². The van der Waals surface area contributed by atoms with E-state index in [0.717, 1.165) is 12.2 Å². The molecule has 0 spiro atoms. The standard InChI is InChI=1S/C8H8.C7H7F5O2.C6H8O4/c1-2-8-6-4-3-5-7-8;1-2-5(13)14-4-3-6(8,9)7(10,11)12;1-2-10-6(9)4-3-5(7)8/h2-7H,1H2;2H,1,3-4H2;3-4H,2H2,1H3,(H,7,8)/b;;4-3-. The molecule has 0 unspecified atom stereocenters. The summed E-state index contributed by atoms with van der Waals surface area (Å²) >= 11 is 0. The summed E-state index contributed by atoms with van der Waals surface area (Å²) in [6.07, 6.45) is -3.10. The molecule has 0 bridgehead atoms. The topological polar surface area (TPSA) is 89.9 Å². The highest BCUT2D eigenvalue weighted by atomic mass is 19.4. The number of carbonyl (C=O) groups excluding carboxylic acids is 2. The summed E-state index contributed by atoms with van der Waals surface area (Å²) in [5.74, 6) is -7.67. The van der Waals surface area contributed by atoms with Crippen LogP contribution in [0.15, 0.2) is 61.7 Å². The molecule has 1 aromatic rings. The SMILES string of the molecule is C=CC(=O)OCCC(F)(F)C(F)(F)F.C=Cc1ccccc1.CCOC(=O)/C=C\C(=O)O. The van der Waals surface area contributed by atoms with Crippen molar-refractivity contribution in [2.24, 2.45) is 0 Å². The lowest BCUT2D eigenvalue weighted by Crippen LogP contribution is -2.37. The Morgan fingerprint density at radius 2 is 1.53 bits per heavy atom. The molecule has 11 heteroatoms. The number of carboxylic acid groups (broad SMARTS) is 1. The number of alkyl halides is 5. The lowest BCUT2D eigenvalue weighted by molar-refractivity contribution is -0.286. The van der Waals surface area contributed by atoms with Gasteiger partial charge in [-0.3, -0.25) is 0 Å². The van der Waals surface area contributed by atoms with Crippen molar-refractivity contribution < 1.29 is 50.9 Å². The maximum absolute atomic E-state index is 12.1. The van der Waals surface area contributed by atoms with E-state index in [1.807, 2.05) is 36.4 Å². The van der Waals surface area contributed by atoms with Crippen LogP contribution in [0.3, 0.4) is 0 Å². The van der Waals surface area contributed by atoms with Crippen LogP contribution in [0.2, 0.25) is 0 Å². The summed E-state index contributed by atoms with van der Waals surface area (Å²) in [4.78, 5) is 30.5. The number of esters is 2. The van der Waals surface area contributed by atoms with E-state index in [2.05, 4.69) is 22.6 Å². The summed E-state index contributed by atoms with van der Waals surface area (Å²) in [5.41, 5.74) is 1.17. The fourth-order valence-corrected chi connectivity index (χ4v) is 1.40. The predicted molar refractivity (Wildman–Crippen MR) is 107 cm³/mol. The molecule has 0 aromatic heterocycles. The molecule has 0 radical (unpaired) electrons. The monoisotopic (exact) mass is 466 g/mol. The van der Waals surface area contributed by atoms with Gasteiger partial charge in [-0.25, -0.2) is 14.4 Å². The Labute approximate surface area is 181 Å². The number of halogens is 5. The molecule has 0 heterocycles. The van der Waals surface area contributed by atoms with Crippen LogP contribution in [0.25, 0.3) is 6.08 Å². The molecular weight excluding hydrogens is 443 g/mol. The van der Waals surface area contributed by atoms with Crippen LogP contribution in [-0.4, -0.2) is 48.3 Å². The fraction of sp³-hybridized carbons (Fsp3) is 0.286. The average Bonchev–Trinajstić information content (AvgIpc) is 2.73. The third kappa shape index (κ3) is 16.3. The van der Waals surface area contributed by atoms with E-state index in [9.17, 15) is 36.3 Å². The number of ether oxygens (including phenoxy) is 2. The molecule has 1 N–H and O–H groups in total. The van der Waals surface area contributed by atoms with Crippen molar-refractivity contribution in [3.63, 3.8) is 0 Å². The lowest BCUT2D eigenvalue weighted by atomic mass is 10.2. The zero-order chi connectivity index (χ0) is 25.2. The second-order valence-electron chi connectivity index (χ2n) is 5.36. The Bertz CT molecular complexity index is 758. The second-order valence-corrected chi connectivity index (χ2v) is 5.36. The fourth-order valence-electron chi connectivity index (χ4n) is 1.40. The van der Waals surface area contributed by atoms with Gasteiger partial charge in [0, 0.05) is 18.2 Å². The van der Waals surface area contributed by atoms with Gasteiger partial charge in [-0.2, -0.15) is 22.0 Å². The number of aliphatic carboxylic acids is 1. The molecule has 0 amide bonds. The molecule has 0 saturated carbocycles. The minimum absolute atomic E-state index is 0.253. The number of hydrogen-bond acceptors (Lipinski definition) is 5. The summed E-state index contributed by atoms with van der Waals surface area (Å²) in [6, 6.07) is 10.0. The minimum Gasteiger partial charge on any atom is -0.478 e. The first-order valence-corrected chi connectivity index (χ1v) is 8.79. The Morgan fingerprint density at radius 3 is 1.91 bits per heavy atom. The maximum atomic E-state index is 12.1. The lowest BCUT2D eigenvalue weighted by Gasteiger charge is -2.18. The van der Waals surface area contributed by atoms with Crippen molar-refractivity contribution in [3.8, 4) is 0 Å². The van der Waals surface area contributed by atoms with E-state index < -0.39 is 43.0 Å². The molecule has 178 valence electrons. The van der Waals surface area contributed by atoms with E-state index in [1.54, 1.807) is 6.92 Å². The van der Waals surface area contributed by atoms with Crippen LogP contribution in [0.5, 0.6) is 0 Å². The Morgan fingerprint density at radius 1 is 0.969 bits per heavy atom. The van der Waals surface area contributed by atoms with Crippen molar-refractivity contribution in [1.29, 1.82) is 0 Å². The first kappa shape index (κ1) is 30.7. The second kappa shape index (κ2) is 16.2. The largest absolute Gasteiger partial charge is 0.478 e. The first-order chi connectivity index (χ1) is 14.8. The average molecular weight is 466 g/mol. The molecule has 0 aliphatic rings. The van der Waals surface area contributed by atoms with Crippen molar-refractivity contribution in [3.05, 3.63) is 67.3 Å². The van der Waals surface area contributed by atoms with Gasteiger partial charge in [-0.1, -0.05) is 49.6 Å². The van der Waals surface area contributed by atoms with Crippen LogP contribution < -0.4 is 0 Å². The molecule has 0 atom stereocenters. The van der Waals surface area contributed by atoms with E-state index in [4.69, 9.17) is 5.11 Å². The molecule has 1 aromatic carbocycles. The minimum atomic E-state index is -5.62. The molecule has 6 nitrogen and oxygen atoms in total. The van der Waals surface area contributed by atoms with E-state index in [1.165, 1.54) is 5.56 Å². The zero-order valence-electron chi connectivity index (χ0n) is 17.1. The van der Waals surface area contributed by atoms with Crippen LogP contribution in [0, 0.1) is 0 Å². The predicted octanol–water partition coefficient (Wildman–Crippen LogP) is 4.82. The van der Waals surface area contributed by atoms with Crippen molar-refractivity contribution in [2.45, 2.75) is 25.4 Å². The molecule has 0 fully saturated rings. The van der Waals surface area contributed by atoms with Crippen molar-refractivity contribution in [1.82, 2.24) is 0 Å². The van der Waals surface area contributed by atoms with Gasteiger partial charge in [0.2, 0.25) is 0 Å². The molecule has 0 aliphatic heterocycles. The van der Waals surface area contributed by atoms with Gasteiger partial charge in [0.1, 0.15) is 0 Å². The van der Waals surface area contributed by atoms with Crippen molar-refractivity contribution in [2.75, 3.05) is 13.2 Å². The maximum Gasteiger partial charge on any atom is 0.453 e. The first-order valence-electron chi connectivity index (χ1n) is 8.79. The summed E-state index contributed by atoms with van der Waals surface area (Å²) in [5, 5.41) is 8.04. The molecule has 1 rings (SSSR count). The number of carbonyl (C=O) groups is 3. The Kier molecular flexibility index (Phi) is 15.6. The van der Waals surface area contributed by atoms with E-state index in [-0.39, 0.29) is 6.61 Å². The number of benzene rings is 1. The summed E-state index contributed by atoms with van der Waals surface area (Å²) in [6.45, 7) is 7.47. The van der Waals surface area contributed by atoms with Gasteiger partial charge in [-0.15, -0.1) is 0 Å². The van der Waals surface area contributed by atoms with Crippen molar-refractivity contribution >= 4 is 24.0 Å². The van der Waals surface area contributed by atoms with Gasteiger partial charge in [0.25, 0.3) is 0 Å². The normalized spacial score (nSPS) is 10.6. The summed E-state index contributed by atoms with van der Waals surface area (Å²) in [7, 11) is 0. The van der Waals surface area contributed by atoms with E-state index >= 15 is 0 Å². The van der Waals surface area contributed by atoms with E-state index in [0.29, 0.717) is 6.08 Å². The number of carboxylic acids is 1. The van der Waals surface area contributed by atoms with Crippen LogP contribution >= 0.6 is 0 Å². The van der Waals surface area contributed by atoms with Gasteiger partial charge in [0.15, 0.2) is 0 Å². The highest BCUT2D eigenvalue weighted by molar-refractivity contribution is 5.90. The Hall–Kier alpha value is -3.50. The molecule has 0 aliphatic carbocycles. The van der Waals surface area contributed by atoms with Crippen LogP contribution in [0.4, 0.5) is 22.0 Å².